The van der Waals surface area contributed by atoms with Gasteiger partial charge in [0.1, 0.15) is 5.76 Å². The lowest BCUT2D eigenvalue weighted by Gasteiger charge is -2.24. The number of guanidine groups is 1. The van der Waals surface area contributed by atoms with Gasteiger partial charge in [0.05, 0.1) is 26.0 Å². The molecule has 7 heteroatoms. The van der Waals surface area contributed by atoms with Crippen molar-refractivity contribution >= 4 is 11.9 Å². The topological polar surface area (TPSA) is 79.1 Å². The van der Waals surface area contributed by atoms with Crippen LogP contribution in [0.15, 0.2) is 27.8 Å². The fourth-order valence-corrected chi connectivity index (χ4v) is 3.24. The molecule has 2 aliphatic heterocycles. The molecule has 2 aliphatic rings. The highest BCUT2D eigenvalue weighted by atomic mass is 16.5. The van der Waals surface area contributed by atoms with Crippen LogP contribution in [0.4, 0.5) is 0 Å². The predicted molar refractivity (Wildman–Crippen MR) is 86.0 cm³/mol. The third kappa shape index (κ3) is 3.85. The normalized spacial score (nSPS) is 24.4. The number of carbonyl (C=O) groups is 1. The van der Waals surface area contributed by atoms with Crippen LogP contribution < -0.4 is 10.6 Å². The summed E-state index contributed by atoms with van der Waals surface area (Å²) in [7, 11) is 1.75. The van der Waals surface area contributed by atoms with Crippen molar-refractivity contribution in [1.29, 1.82) is 0 Å². The van der Waals surface area contributed by atoms with Crippen LogP contribution in [0.2, 0.25) is 0 Å². The number of nitrogens with zero attached hydrogens (tertiary/aromatic N) is 2. The number of furan rings is 1. The number of carbonyl (C=O) groups excluding carboxylic acids is 1. The number of likely N-dealkylation sites (tertiary alicyclic amines) is 1. The lowest BCUT2D eigenvalue weighted by atomic mass is 9.87. The van der Waals surface area contributed by atoms with Gasteiger partial charge in [-0.2, -0.15) is 0 Å². The fourth-order valence-electron chi connectivity index (χ4n) is 3.24. The van der Waals surface area contributed by atoms with Gasteiger partial charge in [-0.05, 0) is 25.0 Å². The largest absolute Gasteiger partial charge is 0.467 e. The molecule has 1 aromatic rings. The molecule has 2 fully saturated rings. The minimum atomic E-state index is -0.0827. The zero-order chi connectivity index (χ0) is 16.1. The Morgan fingerprint density at radius 3 is 3.04 bits per heavy atom. The van der Waals surface area contributed by atoms with Gasteiger partial charge in [0.2, 0.25) is 5.91 Å². The van der Waals surface area contributed by atoms with Crippen LogP contribution in [0, 0.1) is 5.41 Å². The average molecular weight is 320 g/mol. The molecular formula is C16H24N4O3. The van der Waals surface area contributed by atoms with Crippen molar-refractivity contribution < 1.29 is 13.9 Å². The van der Waals surface area contributed by atoms with E-state index in [0.29, 0.717) is 6.54 Å². The van der Waals surface area contributed by atoms with Gasteiger partial charge in [-0.15, -0.1) is 0 Å². The summed E-state index contributed by atoms with van der Waals surface area (Å²) in [6.45, 7) is 4.20. The van der Waals surface area contributed by atoms with Crippen LogP contribution in [0.5, 0.6) is 0 Å². The van der Waals surface area contributed by atoms with Crippen LogP contribution >= 0.6 is 0 Å². The Bertz CT molecular complexity index is 550. The number of hydrogen-bond donors (Lipinski definition) is 2. The van der Waals surface area contributed by atoms with E-state index in [9.17, 15) is 4.79 Å². The predicted octanol–water partition coefficient (Wildman–Crippen LogP) is 0.584. The first kappa shape index (κ1) is 15.9. The van der Waals surface area contributed by atoms with Crippen molar-refractivity contribution in [3.63, 3.8) is 0 Å². The van der Waals surface area contributed by atoms with E-state index < -0.39 is 0 Å². The van der Waals surface area contributed by atoms with Crippen LogP contribution in [-0.4, -0.2) is 56.7 Å². The Labute approximate surface area is 136 Å². The first-order chi connectivity index (χ1) is 11.2. The zero-order valence-corrected chi connectivity index (χ0v) is 13.5. The van der Waals surface area contributed by atoms with Gasteiger partial charge in [-0.1, -0.05) is 0 Å². The summed E-state index contributed by atoms with van der Waals surface area (Å²) >= 11 is 0. The van der Waals surface area contributed by atoms with Gasteiger partial charge in [-0.25, -0.2) is 0 Å². The molecule has 0 saturated carbocycles. The third-order valence-corrected chi connectivity index (χ3v) is 4.58. The van der Waals surface area contributed by atoms with Crippen LogP contribution in [-0.2, 0) is 16.1 Å². The van der Waals surface area contributed by atoms with Crippen molar-refractivity contribution in [2.75, 3.05) is 39.9 Å². The molecule has 0 radical (unpaired) electrons. The average Bonchev–Trinajstić information content (AvgIpc) is 3.30. The van der Waals surface area contributed by atoms with Crippen molar-refractivity contribution in [3.05, 3.63) is 24.2 Å². The summed E-state index contributed by atoms with van der Waals surface area (Å²) in [5, 5.41) is 5.96. The van der Waals surface area contributed by atoms with E-state index in [1.54, 1.807) is 19.4 Å². The third-order valence-electron chi connectivity index (χ3n) is 4.58. The summed E-state index contributed by atoms with van der Waals surface area (Å²) in [6, 6.07) is 3.64. The lowest BCUT2D eigenvalue weighted by Crippen LogP contribution is -2.45. The van der Waals surface area contributed by atoms with E-state index >= 15 is 0 Å². The van der Waals surface area contributed by atoms with Crippen LogP contribution in [0.25, 0.3) is 0 Å². The molecule has 126 valence electrons. The Balaban J connectivity index is 1.43. The lowest BCUT2D eigenvalue weighted by molar-refractivity contribution is -0.120. The fraction of sp³-hybridized carbons (Fsp3) is 0.625. The van der Waals surface area contributed by atoms with Gasteiger partial charge >= 0.3 is 0 Å². The van der Waals surface area contributed by atoms with Crippen LogP contribution in [0.3, 0.4) is 0 Å². The second kappa shape index (κ2) is 7.04. The smallest absolute Gasteiger partial charge is 0.239 e. The first-order valence-electron chi connectivity index (χ1n) is 8.03. The first-order valence-corrected chi connectivity index (χ1v) is 8.03. The van der Waals surface area contributed by atoms with Gasteiger partial charge in [-0.3, -0.25) is 9.79 Å². The Kier molecular flexibility index (Phi) is 4.85. The molecule has 3 heterocycles. The van der Waals surface area contributed by atoms with E-state index in [1.807, 2.05) is 6.07 Å². The molecule has 1 atom stereocenters. The molecular weight excluding hydrogens is 296 g/mol. The maximum atomic E-state index is 11.9. The molecule has 0 aliphatic carbocycles. The number of aliphatic imine (C=N–C) groups is 1. The number of amides is 1. The maximum absolute atomic E-state index is 11.9. The van der Waals surface area contributed by atoms with Gasteiger partial charge in [0.25, 0.3) is 0 Å². The quantitative estimate of drug-likeness (QED) is 0.627. The molecule has 7 nitrogen and oxygen atoms in total. The number of nitrogens with one attached hydrogen (secondary N) is 2. The molecule has 1 unspecified atom stereocenters. The van der Waals surface area contributed by atoms with Crippen molar-refractivity contribution in [2.24, 2.45) is 10.4 Å². The second-order valence-corrected chi connectivity index (χ2v) is 6.23. The highest BCUT2D eigenvalue weighted by Crippen LogP contribution is 2.38. The number of hydrogen-bond acceptors (Lipinski definition) is 4. The Morgan fingerprint density at radius 2 is 2.35 bits per heavy atom. The standard InChI is InChI=1S/C16H24N4O3/c1-17-15(20-6-4-16(11-20)5-8-22-12-16)19-10-14(21)18-9-13-3-2-7-23-13/h2-3,7H,4-6,8-12H2,1H3,(H,17,19)(H,18,21). The summed E-state index contributed by atoms with van der Waals surface area (Å²) in [5.41, 5.74) is 0.277. The van der Waals surface area contributed by atoms with E-state index in [0.717, 1.165) is 50.9 Å². The molecule has 0 bridgehead atoms. The highest BCUT2D eigenvalue weighted by Gasteiger charge is 2.42. The molecule has 0 aromatic carbocycles. The molecule has 2 saturated heterocycles. The molecule has 2 N–H and O–H groups in total. The van der Waals surface area contributed by atoms with Crippen molar-refractivity contribution in [2.45, 2.75) is 19.4 Å². The second-order valence-electron chi connectivity index (χ2n) is 6.23. The van der Waals surface area contributed by atoms with E-state index in [4.69, 9.17) is 9.15 Å². The van der Waals surface area contributed by atoms with E-state index in [2.05, 4.69) is 20.5 Å². The number of ether oxygens (including phenoxy) is 1. The zero-order valence-electron chi connectivity index (χ0n) is 13.5. The SMILES string of the molecule is CN=C(NCC(=O)NCc1ccco1)N1CCC2(CCOC2)C1. The summed E-state index contributed by atoms with van der Waals surface area (Å²) < 4.78 is 10.7. The molecule has 1 spiro atoms. The van der Waals surface area contributed by atoms with Crippen molar-refractivity contribution in [1.82, 2.24) is 15.5 Å². The Morgan fingerprint density at radius 1 is 1.43 bits per heavy atom. The monoisotopic (exact) mass is 320 g/mol. The van der Waals surface area contributed by atoms with Crippen LogP contribution in [0.1, 0.15) is 18.6 Å². The van der Waals surface area contributed by atoms with E-state index in [1.165, 1.54) is 0 Å². The van der Waals surface area contributed by atoms with Gasteiger partial charge in [0.15, 0.2) is 5.96 Å². The minimum absolute atomic E-state index is 0.0827. The summed E-state index contributed by atoms with van der Waals surface area (Å²) in [6.07, 6.45) is 3.83. The summed E-state index contributed by atoms with van der Waals surface area (Å²) in [5.74, 6) is 1.44. The molecule has 1 aromatic heterocycles. The molecule has 3 rings (SSSR count). The van der Waals surface area contributed by atoms with E-state index in [-0.39, 0.29) is 17.9 Å². The minimum Gasteiger partial charge on any atom is -0.467 e. The molecule has 23 heavy (non-hydrogen) atoms. The number of rotatable bonds is 4. The maximum Gasteiger partial charge on any atom is 0.239 e. The van der Waals surface area contributed by atoms with Gasteiger partial charge in [0, 0.05) is 32.2 Å². The molecule has 1 amide bonds. The Hall–Kier alpha value is -2.02. The highest BCUT2D eigenvalue weighted by molar-refractivity contribution is 5.86. The van der Waals surface area contributed by atoms with Gasteiger partial charge < -0.3 is 24.7 Å². The summed E-state index contributed by atoms with van der Waals surface area (Å²) in [4.78, 5) is 18.4. The van der Waals surface area contributed by atoms with Crippen molar-refractivity contribution in [3.8, 4) is 0 Å².